The fourth-order valence-corrected chi connectivity index (χ4v) is 8.33. The van der Waals surface area contributed by atoms with Crippen LogP contribution >= 0.6 is 0 Å². The first kappa shape index (κ1) is 55.7. The fraction of sp³-hybridized carbons (Fsp3) is 0.941. The van der Waals surface area contributed by atoms with Crippen molar-refractivity contribution in [3.05, 3.63) is 0 Å². The van der Waals surface area contributed by atoms with Gasteiger partial charge in [0.05, 0.1) is 6.61 Å². The van der Waals surface area contributed by atoms with Crippen molar-refractivity contribution in [2.45, 2.75) is 284 Å². The van der Waals surface area contributed by atoms with E-state index in [1.54, 1.807) is 0 Å². The first-order chi connectivity index (χ1) is 27.9. The van der Waals surface area contributed by atoms with Crippen LogP contribution in [0.15, 0.2) is 0 Å². The number of esters is 1. The van der Waals surface area contributed by atoms with Gasteiger partial charge in [0, 0.05) is 31.1 Å². The van der Waals surface area contributed by atoms with Gasteiger partial charge in [0.15, 0.2) is 0 Å². The lowest BCUT2D eigenvalue weighted by Crippen LogP contribution is -2.23. The summed E-state index contributed by atoms with van der Waals surface area (Å²) >= 11 is 0. The zero-order chi connectivity index (χ0) is 41.9. The first-order valence-electron chi connectivity index (χ1n) is 25.4. The lowest BCUT2D eigenvalue weighted by atomic mass is 9.83. The molecule has 0 rings (SSSR count). The highest BCUT2D eigenvalue weighted by atomic mass is 16.5. The molecule has 0 saturated heterocycles. The molecular formula is C51H98O6. The molecule has 6 heteroatoms. The summed E-state index contributed by atoms with van der Waals surface area (Å²) in [4.78, 5) is 39.8. The van der Waals surface area contributed by atoms with Gasteiger partial charge in [0.2, 0.25) is 0 Å². The summed E-state index contributed by atoms with van der Waals surface area (Å²) in [5.74, 6) is -0.0991. The fourth-order valence-electron chi connectivity index (χ4n) is 8.33. The Bertz CT molecular complexity index is 874. The molecule has 0 aliphatic rings. The second-order valence-electron chi connectivity index (χ2n) is 17.9. The van der Waals surface area contributed by atoms with Gasteiger partial charge in [-0.15, -0.1) is 0 Å². The minimum Gasteiger partial charge on any atom is -0.463 e. The molecule has 6 nitrogen and oxygen atoms in total. The van der Waals surface area contributed by atoms with Crippen LogP contribution in [0.5, 0.6) is 0 Å². The van der Waals surface area contributed by atoms with Crippen LogP contribution in [0, 0.1) is 11.8 Å². The van der Waals surface area contributed by atoms with Gasteiger partial charge in [-0.1, -0.05) is 220 Å². The number of ketones is 2. The molecule has 0 aromatic carbocycles. The highest BCUT2D eigenvalue weighted by Crippen LogP contribution is 2.27. The third-order valence-corrected chi connectivity index (χ3v) is 12.3. The van der Waals surface area contributed by atoms with Crippen LogP contribution in [0.1, 0.15) is 278 Å². The van der Waals surface area contributed by atoms with Gasteiger partial charge in [-0.3, -0.25) is 14.4 Å². The molecule has 0 amide bonds. The summed E-state index contributed by atoms with van der Waals surface area (Å²) in [6.45, 7) is 6.09. The first-order valence-corrected chi connectivity index (χ1v) is 25.4. The molecule has 0 fully saturated rings. The molecule has 0 aromatic rings. The Hall–Kier alpha value is -1.27. The Morgan fingerprint density at radius 2 is 0.684 bits per heavy atom. The maximum absolute atomic E-state index is 13.7. The largest absolute Gasteiger partial charge is 0.463 e. The second kappa shape index (κ2) is 44.3. The molecule has 0 aromatic heterocycles. The Morgan fingerprint density at radius 3 is 1.02 bits per heavy atom. The van der Waals surface area contributed by atoms with Crippen molar-refractivity contribution in [2.24, 2.45) is 11.8 Å². The summed E-state index contributed by atoms with van der Waals surface area (Å²) in [6, 6.07) is 0. The SMILES string of the molecule is CCCCCCCCCCCCCCCC(=O)C(CCCCCCCCC)CCC(CCC(=O)OCC(O)CO)C(=O)CCCCCCCCCCCCCCC. The summed E-state index contributed by atoms with van der Waals surface area (Å²) in [7, 11) is 0. The van der Waals surface area contributed by atoms with E-state index in [9.17, 15) is 19.5 Å². The summed E-state index contributed by atoms with van der Waals surface area (Å²) in [5.41, 5.74) is 0. The van der Waals surface area contributed by atoms with Gasteiger partial charge in [-0.25, -0.2) is 0 Å². The zero-order valence-electron chi connectivity index (χ0n) is 38.5. The van der Waals surface area contributed by atoms with Gasteiger partial charge in [-0.2, -0.15) is 0 Å². The van der Waals surface area contributed by atoms with Crippen LogP contribution in [0.25, 0.3) is 0 Å². The quantitative estimate of drug-likeness (QED) is 0.0469. The van der Waals surface area contributed by atoms with Gasteiger partial charge in [-0.05, 0) is 38.5 Å². The van der Waals surface area contributed by atoms with E-state index in [0.29, 0.717) is 31.5 Å². The van der Waals surface area contributed by atoms with Crippen LogP contribution in [-0.4, -0.2) is 47.1 Å². The van der Waals surface area contributed by atoms with E-state index in [4.69, 9.17) is 9.84 Å². The van der Waals surface area contributed by atoms with Crippen molar-refractivity contribution in [3.63, 3.8) is 0 Å². The highest BCUT2D eigenvalue weighted by Gasteiger charge is 2.24. The second-order valence-corrected chi connectivity index (χ2v) is 17.9. The number of carbonyl (C=O) groups excluding carboxylic acids is 3. The summed E-state index contributed by atoms with van der Waals surface area (Å²) in [6.07, 6.45) is 44.8. The third-order valence-electron chi connectivity index (χ3n) is 12.3. The monoisotopic (exact) mass is 807 g/mol. The number of aliphatic hydroxyl groups is 2. The summed E-state index contributed by atoms with van der Waals surface area (Å²) < 4.78 is 5.17. The Kier molecular flexibility index (Phi) is 43.3. The number of hydrogen-bond acceptors (Lipinski definition) is 6. The number of Topliss-reactive ketones (excluding diaryl/α,β-unsaturated/α-hetero) is 2. The molecule has 3 atom stereocenters. The molecule has 2 N–H and O–H groups in total. The van der Waals surface area contributed by atoms with Crippen molar-refractivity contribution in [1.29, 1.82) is 0 Å². The van der Waals surface area contributed by atoms with E-state index in [-0.39, 0.29) is 30.6 Å². The van der Waals surface area contributed by atoms with Gasteiger partial charge < -0.3 is 14.9 Å². The number of ether oxygens (including phenoxy) is 1. The number of rotatable bonds is 47. The molecule has 57 heavy (non-hydrogen) atoms. The smallest absolute Gasteiger partial charge is 0.305 e. The summed E-state index contributed by atoms with van der Waals surface area (Å²) in [5, 5.41) is 18.7. The molecule has 338 valence electrons. The molecule has 0 aliphatic heterocycles. The standard InChI is InChI=1S/C51H98O6/c1-4-7-10-13-16-18-20-22-24-26-29-32-35-38-49(54)46(37-34-31-28-15-12-9-6-3)40-41-47(42-43-51(56)57-45-48(53)44-52)50(55)39-36-33-30-27-25-23-21-19-17-14-11-8-5-2/h46-48,52-53H,4-45H2,1-3H3. The average molecular weight is 807 g/mol. The topological polar surface area (TPSA) is 101 Å². The number of aliphatic hydroxyl groups excluding tert-OH is 2. The van der Waals surface area contributed by atoms with Crippen molar-refractivity contribution < 1.29 is 29.3 Å². The van der Waals surface area contributed by atoms with Crippen LogP contribution < -0.4 is 0 Å². The van der Waals surface area contributed by atoms with Crippen LogP contribution in [0.2, 0.25) is 0 Å². The molecule has 0 spiro atoms. The highest BCUT2D eigenvalue weighted by molar-refractivity contribution is 5.82. The van der Waals surface area contributed by atoms with Crippen molar-refractivity contribution >= 4 is 17.5 Å². The minimum absolute atomic E-state index is 0.00346. The molecule has 0 bridgehead atoms. The molecule has 0 aliphatic carbocycles. The van der Waals surface area contributed by atoms with Gasteiger partial charge >= 0.3 is 5.97 Å². The molecule has 3 unspecified atom stereocenters. The van der Waals surface area contributed by atoms with Crippen LogP contribution in [0.4, 0.5) is 0 Å². The van der Waals surface area contributed by atoms with E-state index in [1.807, 2.05) is 0 Å². The molecule has 0 radical (unpaired) electrons. The van der Waals surface area contributed by atoms with Gasteiger partial charge in [0.1, 0.15) is 24.3 Å². The Balaban J connectivity index is 4.95. The molecule has 0 saturated carbocycles. The van der Waals surface area contributed by atoms with Crippen molar-refractivity contribution in [1.82, 2.24) is 0 Å². The Morgan fingerprint density at radius 1 is 0.386 bits per heavy atom. The average Bonchev–Trinajstić information content (AvgIpc) is 3.21. The predicted molar refractivity (Wildman–Crippen MR) is 243 cm³/mol. The third kappa shape index (κ3) is 38.7. The Labute approximate surface area is 354 Å². The lowest BCUT2D eigenvalue weighted by molar-refractivity contribution is -0.147. The van der Waals surface area contributed by atoms with Crippen LogP contribution in [0.3, 0.4) is 0 Å². The normalized spacial score (nSPS) is 13.1. The number of carbonyl (C=O) groups is 3. The number of unbranched alkanes of at least 4 members (excludes halogenated alkanes) is 30. The maximum atomic E-state index is 13.7. The lowest BCUT2D eigenvalue weighted by Gasteiger charge is -2.21. The van der Waals surface area contributed by atoms with Gasteiger partial charge in [0.25, 0.3) is 0 Å². The van der Waals surface area contributed by atoms with E-state index in [2.05, 4.69) is 20.8 Å². The van der Waals surface area contributed by atoms with E-state index in [1.165, 1.54) is 180 Å². The van der Waals surface area contributed by atoms with E-state index >= 15 is 0 Å². The maximum Gasteiger partial charge on any atom is 0.305 e. The van der Waals surface area contributed by atoms with E-state index in [0.717, 1.165) is 44.9 Å². The van der Waals surface area contributed by atoms with Crippen LogP contribution in [-0.2, 0) is 19.1 Å². The predicted octanol–water partition coefficient (Wildman–Crippen LogP) is 14.9. The molecule has 0 heterocycles. The van der Waals surface area contributed by atoms with Crippen molar-refractivity contribution in [3.8, 4) is 0 Å². The molecular weight excluding hydrogens is 709 g/mol. The minimum atomic E-state index is -1.09. The van der Waals surface area contributed by atoms with Crippen molar-refractivity contribution in [2.75, 3.05) is 13.2 Å². The zero-order valence-corrected chi connectivity index (χ0v) is 38.5. The van der Waals surface area contributed by atoms with E-state index < -0.39 is 18.7 Å². The number of hydrogen-bond donors (Lipinski definition) is 2.